The van der Waals surface area contributed by atoms with Gasteiger partial charge in [-0.05, 0) is 38.5 Å². The van der Waals surface area contributed by atoms with E-state index in [0.29, 0.717) is 0 Å². The van der Waals surface area contributed by atoms with E-state index in [1.165, 1.54) is 58.3 Å². The van der Waals surface area contributed by atoms with Crippen LogP contribution in [-0.2, 0) is 0 Å². The molecule has 24 heavy (non-hydrogen) atoms. The number of halogens is 6. The third kappa shape index (κ3) is 7.67. The first-order valence-electron chi connectivity index (χ1n) is 8.19. The number of nitrogens with zero attached hydrogens (tertiary/aromatic N) is 3. The van der Waals surface area contributed by atoms with Gasteiger partial charge in [0.1, 0.15) is 6.23 Å². The molecule has 3 aliphatic heterocycles. The fraction of sp³-hybridized carbons (Fsp3) is 1.00. The topological polar surface area (TPSA) is 30.0 Å². The minimum Gasteiger partial charge on any atom is -0.375 e. The van der Waals surface area contributed by atoms with E-state index in [-0.39, 0.29) is 6.23 Å². The van der Waals surface area contributed by atoms with Gasteiger partial charge < -0.3 is 5.11 Å². The summed E-state index contributed by atoms with van der Waals surface area (Å²) in [5.74, 6) is 0. The average molecular weight is 403 g/mol. The van der Waals surface area contributed by atoms with Gasteiger partial charge in [0.05, 0.1) is 0 Å². The van der Waals surface area contributed by atoms with Crippen LogP contribution in [-0.4, -0.2) is 58.1 Å². The molecule has 3 rings (SSSR count). The van der Waals surface area contributed by atoms with E-state index in [2.05, 4.69) is 14.0 Å². The number of aliphatic hydroxyl groups is 1. The van der Waals surface area contributed by atoms with E-state index in [9.17, 15) is 30.3 Å². The number of aliphatic hydroxyl groups excluding tert-OH is 1. The minimum atomic E-state index is -10.7. The Kier molecular flexibility index (Phi) is 5.82. The molecule has 146 valence electrons. The molecule has 3 fully saturated rings. The van der Waals surface area contributed by atoms with Crippen LogP contribution in [0, 0.1) is 0 Å². The van der Waals surface area contributed by atoms with E-state index in [0.717, 1.165) is 13.0 Å². The summed E-state index contributed by atoms with van der Waals surface area (Å²) in [5.41, 5.74) is 0. The summed E-state index contributed by atoms with van der Waals surface area (Å²) in [6.45, 7) is 6.15. The molecular formula is C12H25F6N3OP2. The molecular weight excluding hydrogens is 378 g/mol. The van der Waals surface area contributed by atoms with Gasteiger partial charge in [0.2, 0.25) is 8.37 Å². The number of rotatable bonds is 3. The first kappa shape index (κ1) is 20.6. The van der Waals surface area contributed by atoms with Gasteiger partial charge >= 0.3 is 33.0 Å². The summed E-state index contributed by atoms with van der Waals surface area (Å²) >= 11 is 0. The van der Waals surface area contributed by atoms with Gasteiger partial charge in [0.15, 0.2) is 0 Å². The molecule has 0 spiro atoms. The van der Waals surface area contributed by atoms with Crippen LogP contribution >= 0.6 is 16.2 Å². The van der Waals surface area contributed by atoms with Crippen LogP contribution in [0.3, 0.4) is 0 Å². The molecule has 1 unspecified atom stereocenters. The maximum absolute atomic E-state index is 10.7. The van der Waals surface area contributed by atoms with Gasteiger partial charge in [0, 0.05) is 32.7 Å². The Hall–Kier alpha value is 0.280. The van der Waals surface area contributed by atoms with E-state index in [4.69, 9.17) is 0 Å². The van der Waals surface area contributed by atoms with Crippen molar-refractivity contribution in [3.63, 3.8) is 0 Å². The summed E-state index contributed by atoms with van der Waals surface area (Å²) in [5, 5.41) is 10.2. The Bertz CT molecular complexity index is 397. The third-order valence-electron chi connectivity index (χ3n) is 4.26. The molecule has 3 saturated heterocycles. The van der Waals surface area contributed by atoms with Crippen molar-refractivity contribution in [1.29, 1.82) is 0 Å². The first-order valence-corrected chi connectivity index (χ1v) is 11.6. The van der Waals surface area contributed by atoms with Gasteiger partial charge in [-0.25, -0.2) is 0 Å². The van der Waals surface area contributed by atoms with Crippen molar-refractivity contribution in [3.05, 3.63) is 0 Å². The molecule has 0 saturated carbocycles. The van der Waals surface area contributed by atoms with E-state index >= 15 is 0 Å². The van der Waals surface area contributed by atoms with Crippen molar-refractivity contribution in [1.82, 2.24) is 14.0 Å². The molecule has 1 atom stereocenters. The van der Waals surface area contributed by atoms with Crippen LogP contribution in [0.1, 0.15) is 38.5 Å². The van der Waals surface area contributed by atoms with E-state index < -0.39 is 16.2 Å². The normalized spacial score (nSPS) is 30.2. The van der Waals surface area contributed by atoms with Crippen molar-refractivity contribution in [2.75, 3.05) is 32.7 Å². The first-order chi connectivity index (χ1) is 10.8. The Morgan fingerprint density at radius 1 is 0.708 bits per heavy atom. The van der Waals surface area contributed by atoms with Gasteiger partial charge in [-0.1, -0.05) is 0 Å². The van der Waals surface area contributed by atoms with Gasteiger partial charge in [-0.3, -0.25) is 0 Å². The fourth-order valence-electron chi connectivity index (χ4n) is 3.38. The average Bonchev–Trinajstić information content (AvgIpc) is 3.11. The zero-order chi connectivity index (χ0) is 18.1. The fourth-order valence-corrected chi connectivity index (χ4v) is 6.69. The summed E-state index contributed by atoms with van der Waals surface area (Å²) in [6, 6.07) is 0. The summed E-state index contributed by atoms with van der Waals surface area (Å²) in [4.78, 5) is 0. The Balaban J connectivity index is 0.000000256. The molecule has 0 aromatic rings. The van der Waals surface area contributed by atoms with Crippen LogP contribution in [0.5, 0.6) is 0 Å². The molecule has 0 aromatic carbocycles. The monoisotopic (exact) mass is 403 g/mol. The van der Waals surface area contributed by atoms with E-state index in [1.807, 2.05) is 0 Å². The van der Waals surface area contributed by atoms with Crippen LogP contribution in [0.4, 0.5) is 25.2 Å². The van der Waals surface area contributed by atoms with E-state index in [1.54, 1.807) is 0 Å². The van der Waals surface area contributed by atoms with Crippen LogP contribution in [0.25, 0.3) is 0 Å². The Morgan fingerprint density at radius 2 is 1.08 bits per heavy atom. The van der Waals surface area contributed by atoms with Crippen LogP contribution in [0.2, 0.25) is 0 Å². The molecule has 3 aliphatic rings. The zero-order valence-electron chi connectivity index (χ0n) is 13.4. The zero-order valence-corrected chi connectivity index (χ0v) is 15.3. The summed E-state index contributed by atoms with van der Waals surface area (Å²) in [7, 11) is -11.4. The number of hydrogen-bond acceptors (Lipinski definition) is 4. The molecule has 0 amide bonds. The van der Waals surface area contributed by atoms with Crippen molar-refractivity contribution in [2.24, 2.45) is 0 Å². The third-order valence-corrected chi connectivity index (χ3v) is 7.32. The Morgan fingerprint density at radius 3 is 1.38 bits per heavy atom. The second-order valence-electron chi connectivity index (χ2n) is 6.46. The predicted molar refractivity (Wildman–Crippen MR) is 85.4 cm³/mol. The van der Waals surface area contributed by atoms with Crippen molar-refractivity contribution >= 4 is 16.2 Å². The van der Waals surface area contributed by atoms with Crippen molar-refractivity contribution in [2.45, 2.75) is 44.8 Å². The predicted octanol–water partition coefficient (Wildman–Crippen LogP) is 4.93. The molecule has 0 radical (unpaired) electrons. The smallest absolute Gasteiger partial charge is 0.216 e. The quantitative estimate of drug-likeness (QED) is 0.535. The summed E-state index contributed by atoms with van der Waals surface area (Å²) in [6.07, 6.45) is 7.41. The molecule has 0 bridgehead atoms. The minimum absolute atomic E-state index is 0.162. The largest absolute Gasteiger partial charge is 0.375 e. The Labute approximate surface area is 138 Å². The van der Waals surface area contributed by atoms with Gasteiger partial charge in [-0.15, -0.1) is 4.67 Å². The van der Waals surface area contributed by atoms with Crippen LogP contribution < -0.4 is 0 Å². The van der Waals surface area contributed by atoms with Crippen LogP contribution in [0.15, 0.2) is 0 Å². The number of hydrogen-bond donors (Lipinski definition) is 1. The van der Waals surface area contributed by atoms with Gasteiger partial charge in [-0.2, -0.15) is 9.34 Å². The molecule has 0 aromatic heterocycles. The molecule has 12 heteroatoms. The molecule has 1 N–H and O–H groups in total. The van der Waals surface area contributed by atoms with Gasteiger partial charge in [0.25, 0.3) is 0 Å². The summed E-state index contributed by atoms with van der Waals surface area (Å²) < 4.78 is 67.0. The van der Waals surface area contributed by atoms with Crippen molar-refractivity contribution < 1.29 is 30.3 Å². The molecule has 4 nitrogen and oxygen atoms in total. The molecule has 0 aliphatic carbocycles. The maximum atomic E-state index is 10.2. The molecule has 3 heterocycles. The maximum Gasteiger partial charge on any atom is 0.216 e. The SMILES string of the molecule is F[P-](F)(F)(F)(F)F.OC1CCCN1[PH+](N1CCCC1)N1CCCC1. The second-order valence-corrected chi connectivity index (χ2v) is 10.8. The van der Waals surface area contributed by atoms with Crippen molar-refractivity contribution in [3.8, 4) is 0 Å². The standard InChI is InChI=1S/C12H24N3OP.F6P/c16-12-6-5-11-15(12)17(13-7-1-2-8-13)14-9-3-4-10-14;1-7(2,3,4,5)6/h12,16H,1-11H2;/q;-1/p+1. The second kappa shape index (κ2) is 6.78.